The molecule has 0 spiro atoms. The Morgan fingerprint density at radius 2 is 2.10 bits per heavy atom. The molecule has 118 valence electrons. The first-order valence-electron chi connectivity index (χ1n) is 7.08. The number of ether oxygens (including phenoxy) is 1. The van der Waals surface area contributed by atoms with Crippen LogP contribution in [0.3, 0.4) is 0 Å². The van der Waals surface area contributed by atoms with Crippen molar-refractivity contribution in [3.63, 3.8) is 0 Å². The summed E-state index contributed by atoms with van der Waals surface area (Å²) in [7, 11) is 0. The van der Waals surface area contributed by atoms with Crippen molar-refractivity contribution < 1.29 is 14.5 Å². The SMILES string of the molecule is CCCn1nc(C)c([N+](=O)[O-])c1N(CC)CC(=O)OCC. The Labute approximate surface area is 123 Å². The number of hydrogen-bond donors (Lipinski definition) is 0. The highest BCUT2D eigenvalue weighted by molar-refractivity contribution is 5.77. The number of rotatable bonds is 8. The van der Waals surface area contributed by atoms with Gasteiger partial charge in [-0.1, -0.05) is 6.92 Å². The Kier molecular flexibility index (Phi) is 6.13. The van der Waals surface area contributed by atoms with E-state index >= 15 is 0 Å². The van der Waals surface area contributed by atoms with Gasteiger partial charge < -0.3 is 9.64 Å². The highest BCUT2D eigenvalue weighted by Crippen LogP contribution is 2.31. The lowest BCUT2D eigenvalue weighted by molar-refractivity contribution is -0.384. The van der Waals surface area contributed by atoms with E-state index in [2.05, 4.69) is 5.10 Å². The molecule has 0 aliphatic heterocycles. The first-order chi connectivity index (χ1) is 9.96. The minimum Gasteiger partial charge on any atom is -0.465 e. The molecular weight excluding hydrogens is 276 g/mol. The zero-order valence-corrected chi connectivity index (χ0v) is 13.0. The smallest absolute Gasteiger partial charge is 0.333 e. The van der Waals surface area contributed by atoms with E-state index in [0.717, 1.165) is 6.42 Å². The molecule has 1 aromatic heterocycles. The molecule has 0 aliphatic carbocycles. The van der Waals surface area contributed by atoms with Crippen LogP contribution in [0.5, 0.6) is 0 Å². The fraction of sp³-hybridized carbons (Fsp3) is 0.692. The molecular formula is C13H22N4O4. The van der Waals surface area contributed by atoms with Crippen molar-refractivity contribution in [3.05, 3.63) is 15.8 Å². The molecule has 0 fully saturated rings. The van der Waals surface area contributed by atoms with Crippen LogP contribution in [0.25, 0.3) is 0 Å². The van der Waals surface area contributed by atoms with Crippen molar-refractivity contribution >= 4 is 17.5 Å². The van der Waals surface area contributed by atoms with Gasteiger partial charge in [-0.25, -0.2) is 4.68 Å². The van der Waals surface area contributed by atoms with E-state index in [1.165, 1.54) is 0 Å². The Hall–Kier alpha value is -2.12. The second kappa shape index (κ2) is 7.61. The van der Waals surface area contributed by atoms with E-state index in [9.17, 15) is 14.9 Å². The molecule has 0 bridgehead atoms. The molecule has 0 radical (unpaired) electrons. The number of aryl methyl sites for hydroxylation is 2. The van der Waals surface area contributed by atoms with E-state index in [4.69, 9.17) is 4.74 Å². The standard InChI is InChI=1S/C13H22N4O4/c1-5-8-16-13(12(17(19)20)10(4)14-16)15(6-2)9-11(18)21-7-3/h5-9H2,1-4H3. The van der Waals surface area contributed by atoms with Crippen LogP contribution in [0.1, 0.15) is 32.9 Å². The number of hydrogen-bond acceptors (Lipinski definition) is 6. The quantitative estimate of drug-likeness (QED) is 0.413. The van der Waals surface area contributed by atoms with Gasteiger partial charge in [0.2, 0.25) is 5.82 Å². The van der Waals surface area contributed by atoms with Crippen LogP contribution < -0.4 is 4.90 Å². The average molecular weight is 298 g/mol. The number of likely N-dealkylation sites (N-methyl/N-ethyl adjacent to an activating group) is 1. The number of anilines is 1. The van der Waals surface area contributed by atoms with E-state index in [1.54, 1.807) is 23.4 Å². The van der Waals surface area contributed by atoms with Crippen molar-refractivity contribution in [2.45, 2.75) is 40.7 Å². The Morgan fingerprint density at radius 1 is 1.43 bits per heavy atom. The van der Waals surface area contributed by atoms with Gasteiger partial charge in [0, 0.05) is 13.1 Å². The number of nitro groups is 1. The van der Waals surface area contributed by atoms with Gasteiger partial charge in [-0.2, -0.15) is 5.10 Å². The lowest BCUT2D eigenvalue weighted by Crippen LogP contribution is -2.33. The molecule has 0 unspecified atom stereocenters. The van der Waals surface area contributed by atoms with Crippen LogP contribution in [-0.2, 0) is 16.1 Å². The molecule has 0 aromatic carbocycles. The second-order valence-corrected chi connectivity index (χ2v) is 4.56. The average Bonchev–Trinajstić information content (AvgIpc) is 2.73. The summed E-state index contributed by atoms with van der Waals surface area (Å²) in [5.41, 5.74) is 0.306. The molecule has 0 amide bonds. The third kappa shape index (κ3) is 3.93. The maximum atomic E-state index is 11.7. The summed E-state index contributed by atoms with van der Waals surface area (Å²) >= 11 is 0. The van der Waals surface area contributed by atoms with Gasteiger partial charge in [-0.05, 0) is 27.2 Å². The van der Waals surface area contributed by atoms with E-state index in [0.29, 0.717) is 24.6 Å². The van der Waals surface area contributed by atoms with Crippen LogP contribution in [0.4, 0.5) is 11.5 Å². The van der Waals surface area contributed by atoms with Crippen LogP contribution in [0.2, 0.25) is 0 Å². The van der Waals surface area contributed by atoms with Crippen molar-refractivity contribution in [1.82, 2.24) is 9.78 Å². The largest absolute Gasteiger partial charge is 0.465 e. The summed E-state index contributed by atoms with van der Waals surface area (Å²) in [6, 6.07) is 0. The van der Waals surface area contributed by atoms with E-state index in [1.807, 2.05) is 13.8 Å². The van der Waals surface area contributed by atoms with Gasteiger partial charge in [-0.3, -0.25) is 14.9 Å². The van der Waals surface area contributed by atoms with Crippen molar-refractivity contribution in [3.8, 4) is 0 Å². The predicted molar refractivity (Wildman–Crippen MR) is 78.4 cm³/mol. The summed E-state index contributed by atoms with van der Waals surface area (Å²) in [4.78, 5) is 24.2. The monoisotopic (exact) mass is 298 g/mol. The van der Waals surface area contributed by atoms with Gasteiger partial charge in [0.15, 0.2) is 0 Å². The Balaban J connectivity index is 3.21. The van der Waals surface area contributed by atoms with E-state index < -0.39 is 10.9 Å². The fourth-order valence-corrected chi connectivity index (χ4v) is 2.15. The number of nitrogens with zero attached hydrogens (tertiary/aromatic N) is 4. The van der Waals surface area contributed by atoms with Gasteiger partial charge >= 0.3 is 11.7 Å². The van der Waals surface area contributed by atoms with Crippen LogP contribution in [-0.4, -0.2) is 40.4 Å². The first-order valence-corrected chi connectivity index (χ1v) is 7.08. The molecule has 0 N–H and O–H groups in total. The number of aromatic nitrogens is 2. The minimum absolute atomic E-state index is 0.0278. The van der Waals surface area contributed by atoms with Gasteiger partial charge in [0.05, 0.1) is 11.5 Å². The molecule has 8 heteroatoms. The van der Waals surface area contributed by atoms with E-state index in [-0.39, 0.29) is 18.8 Å². The summed E-state index contributed by atoms with van der Waals surface area (Å²) < 4.78 is 6.52. The van der Waals surface area contributed by atoms with Gasteiger partial charge in [0.25, 0.3) is 0 Å². The maximum absolute atomic E-state index is 11.7. The van der Waals surface area contributed by atoms with Gasteiger partial charge in [-0.15, -0.1) is 0 Å². The normalized spacial score (nSPS) is 10.5. The molecule has 0 saturated heterocycles. The minimum atomic E-state index is -0.447. The molecule has 0 aliphatic rings. The summed E-state index contributed by atoms with van der Waals surface area (Å²) in [6.07, 6.45) is 0.794. The lowest BCUT2D eigenvalue weighted by Gasteiger charge is -2.21. The second-order valence-electron chi connectivity index (χ2n) is 4.56. The third-order valence-corrected chi connectivity index (χ3v) is 2.99. The highest BCUT2D eigenvalue weighted by Gasteiger charge is 2.29. The zero-order valence-electron chi connectivity index (χ0n) is 13.0. The topological polar surface area (TPSA) is 90.5 Å². The molecule has 0 atom stereocenters. The fourth-order valence-electron chi connectivity index (χ4n) is 2.15. The molecule has 1 aromatic rings. The first kappa shape index (κ1) is 16.9. The van der Waals surface area contributed by atoms with Crippen molar-refractivity contribution in [1.29, 1.82) is 0 Å². The number of carbonyl (C=O) groups excluding carboxylic acids is 1. The molecule has 1 heterocycles. The van der Waals surface area contributed by atoms with Crippen LogP contribution >= 0.6 is 0 Å². The molecule has 1 rings (SSSR count). The van der Waals surface area contributed by atoms with Gasteiger partial charge in [0.1, 0.15) is 12.2 Å². The zero-order chi connectivity index (χ0) is 16.0. The summed E-state index contributed by atoms with van der Waals surface area (Å²) in [5.74, 6) is -0.0366. The molecule has 8 nitrogen and oxygen atoms in total. The van der Waals surface area contributed by atoms with Crippen molar-refractivity contribution in [2.24, 2.45) is 0 Å². The maximum Gasteiger partial charge on any atom is 0.333 e. The number of esters is 1. The van der Waals surface area contributed by atoms with Crippen LogP contribution in [0.15, 0.2) is 0 Å². The molecule has 21 heavy (non-hydrogen) atoms. The van der Waals surface area contributed by atoms with Crippen LogP contribution in [0, 0.1) is 17.0 Å². The summed E-state index contributed by atoms with van der Waals surface area (Å²) in [6.45, 7) is 8.40. The number of carbonyl (C=O) groups is 1. The highest BCUT2D eigenvalue weighted by atomic mass is 16.6. The summed E-state index contributed by atoms with van der Waals surface area (Å²) in [5, 5.41) is 15.5. The Morgan fingerprint density at radius 3 is 2.57 bits per heavy atom. The van der Waals surface area contributed by atoms with Crippen molar-refractivity contribution in [2.75, 3.05) is 24.6 Å². The lowest BCUT2D eigenvalue weighted by atomic mass is 10.3. The predicted octanol–water partition coefficient (Wildman–Crippen LogP) is 1.90. The third-order valence-electron chi connectivity index (χ3n) is 2.99. The Bertz CT molecular complexity index is 513. The molecule has 0 saturated carbocycles.